The highest BCUT2D eigenvalue weighted by Gasteiger charge is 2.18. The van der Waals surface area contributed by atoms with Gasteiger partial charge in [0.25, 0.3) is 0 Å². The highest BCUT2D eigenvalue weighted by molar-refractivity contribution is 7.71. The molecule has 0 unspecified atom stereocenters. The molecule has 0 atom stereocenters. The number of nitrogen functional groups attached to an aromatic ring is 1. The van der Waals surface area contributed by atoms with Gasteiger partial charge in [-0.05, 0) is 71.9 Å². The average molecular weight is 497 g/mol. The van der Waals surface area contributed by atoms with Gasteiger partial charge in [-0.15, -0.1) is 0 Å². The van der Waals surface area contributed by atoms with Crippen LogP contribution in [0.5, 0.6) is 17.2 Å². The largest absolute Gasteiger partial charge is 0.497 e. The number of nitrogens with two attached hydrogens (primary N) is 1. The Hall–Kier alpha value is -4.43. The lowest BCUT2D eigenvalue weighted by Crippen LogP contribution is -2.09. The monoisotopic (exact) mass is 496 g/mol. The van der Waals surface area contributed by atoms with Crippen LogP contribution in [-0.4, -0.2) is 35.9 Å². The molecule has 180 valence electrons. The molecule has 0 aliphatic carbocycles. The van der Waals surface area contributed by atoms with Gasteiger partial charge in [-0.2, -0.15) is 4.98 Å². The molecule has 0 amide bonds. The molecule has 0 fully saturated rings. The maximum atomic E-state index is 6.78. The number of rotatable bonds is 6. The molecule has 0 radical (unpaired) electrons. The van der Waals surface area contributed by atoms with Crippen molar-refractivity contribution < 1.29 is 14.2 Å². The van der Waals surface area contributed by atoms with Crippen molar-refractivity contribution in [3.63, 3.8) is 0 Å². The van der Waals surface area contributed by atoms with Crippen molar-refractivity contribution in [1.82, 2.24) is 14.5 Å². The molecule has 0 aliphatic heterocycles. The molecule has 36 heavy (non-hydrogen) atoms. The first kappa shape index (κ1) is 23.3. The summed E-state index contributed by atoms with van der Waals surface area (Å²) in [6.45, 7) is 0. The van der Waals surface area contributed by atoms with E-state index >= 15 is 0 Å². The zero-order valence-electron chi connectivity index (χ0n) is 20.1. The summed E-state index contributed by atoms with van der Waals surface area (Å²) in [5, 5.41) is 0.717. The second-order valence-corrected chi connectivity index (χ2v) is 8.37. The molecule has 0 saturated heterocycles. The highest BCUT2D eigenvalue weighted by Crippen LogP contribution is 2.37. The topological polar surface area (TPSA) is 84.4 Å². The Bertz CT molecular complexity index is 1620. The van der Waals surface area contributed by atoms with E-state index in [1.807, 2.05) is 78.9 Å². The lowest BCUT2D eigenvalue weighted by Gasteiger charge is -2.17. The summed E-state index contributed by atoms with van der Waals surface area (Å²) in [6, 6.07) is 25.2. The smallest absolute Gasteiger partial charge is 0.207 e. The van der Waals surface area contributed by atoms with E-state index in [0.29, 0.717) is 33.4 Å². The van der Waals surface area contributed by atoms with E-state index in [1.54, 1.807) is 25.9 Å². The number of hydrogen-bond acceptors (Lipinski definition) is 7. The van der Waals surface area contributed by atoms with E-state index in [-0.39, 0.29) is 0 Å². The Kier molecular flexibility index (Phi) is 6.26. The average Bonchev–Trinajstić information content (AvgIpc) is 2.92. The van der Waals surface area contributed by atoms with Crippen LogP contribution in [0, 0.1) is 4.77 Å². The van der Waals surface area contributed by atoms with E-state index in [0.717, 1.165) is 33.5 Å². The SMILES string of the molecule is COc1ccc(-n2c(N)c3c(-c4ccccc4)cc(-c4ccc(OC)c(OC)c4)nc3nc2=S)cc1. The third-order valence-corrected chi connectivity index (χ3v) is 6.26. The summed E-state index contributed by atoms with van der Waals surface area (Å²) in [4.78, 5) is 9.56. The van der Waals surface area contributed by atoms with E-state index in [1.165, 1.54) is 0 Å². The predicted octanol–water partition coefficient (Wildman–Crippen LogP) is 6.09. The van der Waals surface area contributed by atoms with Crippen molar-refractivity contribution in [2.75, 3.05) is 27.1 Å². The van der Waals surface area contributed by atoms with Crippen LogP contribution in [0.15, 0.2) is 78.9 Å². The summed E-state index contributed by atoms with van der Waals surface area (Å²) < 4.78 is 18.2. The molecule has 0 bridgehead atoms. The summed E-state index contributed by atoms with van der Waals surface area (Å²) in [7, 11) is 4.84. The highest BCUT2D eigenvalue weighted by atomic mass is 32.1. The van der Waals surface area contributed by atoms with Crippen LogP contribution in [0.3, 0.4) is 0 Å². The van der Waals surface area contributed by atoms with Gasteiger partial charge in [0.15, 0.2) is 17.1 Å². The van der Waals surface area contributed by atoms with Crippen LogP contribution in [0.25, 0.3) is 39.1 Å². The second-order valence-electron chi connectivity index (χ2n) is 8.00. The first-order valence-corrected chi connectivity index (χ1v) is 11.6. The van der Waals surface area contributed by atoms with Gasteiger partial charge in [-0.3, -0.25) is 4.57 Å². The minimum Gasteiger partial charge on any atom is -0.497 e. The Morgan fingerprint density at radius 3 is 2.14 bits per heavy atom. The van der Waals surface area contributed by atoms with Crippen LogP contribution in [0.1, 0.15) is 0 Å². The number of ether oxygens (including phenoxy) is 3. The number of pyridine rings is 1. The summed E-state index contributed by atoms with van der Waals surface area (Å²) >= 11 is 5.67. The molecule has 7 nitrogen and oxygen atoms in total. The van der Waals surface area contributed by atoms with E-state index in [2.05, 4.69) is 0 Å². The first-order valence-electron chi connectivity index (χ1n) is 11.2. The van der Waals surface area contributed by atoms with Crippen molar-refractivity contribution in [1.29, 1.82) is 0 Å². The Labute approximate surface area is 213 Å². The maximum absolute atomic E-state index is 6.78. The third kappa shape index (κ3) is 4.12. The zero-order valence-corrected chi connectivity index (χ0v) is 20.9. The van der Waals surface area contributed by atoms with Crippen molar-refractivity contribution in [3.8, 4) is 45.3 Å². The molecule has 0 aliphatic rings. The number of nitrogens with zero attached hydrogens (tertiary/aromatic N) is 3. The van der Waals surface area contributed by atoms with Crippen molar-refractivity contribution in [2.24, 2.45) is 0 Å². The lowest BCUT2D eigenvalue weighted by atomic mass is 9.99. The molecule has 5 rings (SSSR count). The molecule has 0 spiro atoms. The Morgan fingerprint density at radius 1 is 0.750 bits per heavy atom. The minimum atomic E-state index is 0.307. The molecule has 2 aromatic heterocycles. The van der Waals surface area contributed by atoms with Gasteiger partial charge in [-0.25, -0.2) is 4.98 Å². The van der Waals surface area contributed by atoms with Gasteiger partial charge in [-0.1, -0.05) is 30.3 Å². The number of fused-ring (bicyclic) bond motifs is 1. The summed E-state index contributed by atoms with van der Waals surface area (Å²) in [5.74, 6) is 2.45. The second kappa shape index (κ2) is 9.67. The fraction of sp³-hybridized carbons (Fsp3) is 0.107. The van der Waals surface area contributed by atoms with Crippen molar-refractivity contribution in [3.05, 3.63) is 83.6 Å². The molecule has 8 heteroatoms. The molecular formula is C28H24N4O3S. The molecular weight excluding hydrogens is 472 g/mol. The summed E-state index contributed by atoms with van der Waals surface area (Å²) in [5.41, 5.74) is 11.5. The van der Waals surface area contributed by atoms with Gasteiger partial charge < -0.3 is 19.9 Å². The van der Waals surface area contributed by atoms with Gasteiger partial charge in [0.05, 0.1) is 38.1 Å². The van der Waals surface area contributed by atoms with Crippen molar-refractivity contribution >= 4 is 29.1 Å². The van der Waals surface area contributed by atoms with Gasteiger partial charge in [0.1, 0.15) is 11.6 Å². The van der Waals surface area contributed by atoms with Gasteiger partial charge in [0, 0.05) is 5.56 Å². The van der Waals surface area contributed by atoms with Crippen molar-refractivity contribution in [2.45, 2.75) is 0 Å². The molecule has 5 aromatic rings. The van der Waals surface area contributed by atoms with E-state index in [9.17, 15) is 0 Å². The van der Waals surface area contributed by atoms with E-state index in [4.69, 9.17) is 42.1 Å². The number of methoxy groups -OCH3 is 3. The Balaban J connectivity index is 1.80. The Morgan fingerprint density at radius 2 is 1.47 bits per heavy atom. The molecule has 2 N–H and O–H groups in total. The maximum Gasteiger partial charge on any atom is 0.207 e. The first-order chi connectivity index (χ1) is 17.5. The van der Waals surface area contributed by atoms with Gasteiger partial charge >= 0.3 is 0 Å². The molecule has 0 saturated carbocycles. The van der Waals surface area contributed by atoms with Crippen LogP contribution in [0.2, 0.25) is 0 Å². The zero-order chi connectivity index (χ0) is 25.2. The van der Waals surface area contributed by atoms with Crippen LogP contribution in [-0.2, 0) is 0 Å². The minimum absolute atomic E-state index is 0.307. The number of aromatic nitrogens is 3. The quantitative estimate of drug-likeness (QED) is 0.285. The van der Waals surface area contributed by atoms with Gasteiger partial charge in [0.2, 0.25) is 4.77 Å². The number of anilines is 1. The summed E-state index contributed by atoms with van der Waals surface area (Å²) in [6.07, 6.45) is 0. The molecule has 3 aromatic carbocycles. The van der Waals surface area contributed by atoms with Crippen LogP contribution < -0.4 is 19.9 Å². The number of hydrogen-bond donors (Lipinski definition) is 1. The fourth-order valence-corrected chi connectivity index (χ4v) is 4.48. The number of benzene rings is 3. The lowest BCUT2D eigenvalue weighted by molar-refractivity contribution is 0.355. The predicted molar refractivity (Wildman–Crippen MR) is 145 cm³/mol. The molecule has 2 heterocycles. The fourth-order valence-electron chi connectivity index (χ4n) is 4.19. The van der Waals surface area contributed by atoms with Crippen LogP contribution >= 0.6 is 12.2 Å². The van der Waals surface area contributed by atoms with Crippen LogP contribution in [0.4, 0.5) is 5.82 Å². The third-order valence-electron chi connectivity index (χ3n) is 5.98. The standard InChI is InChI=1S/C28H24N4O3S/c1-33-20-12-10-19(11-13-20)32-26(29)25-21(17-7-5-4-6-8-17)16-22(30-27(25)31-28(32)36)18-9-14-23(34-2)24(15-18)35-3/h4-16H,29H2,1-3H3. The van der Waals surface area contributed by atoms with E-state index < -0.39 is 0 Å². The normalized spacial score (nSPS) is 10.9.